The molecule has 2 fully saturated rings. The minimum atomic E-state index is -4.61. The molecule has 1 atom stereocenters. The standard InChI is InChI=1S/C15H20F3N3O4S/c1-9-12(26(24,25)7-10-4-5-10)13(21(19-9)8-15(16,17)18)20-6-2-3-11(20)14(22)23/h10-11H,2-8H2,1H3,(H,22,23). The number of halogens is 3. The molecule has 1 saturated heterocycles. The highest BCUT2D eigenvalue weighted by Gasteiger charge is 2.42. The number of carboxylic acid groups (broad SMARTS) is 1. The largest absolute Gasteiger partial charge is 0.480 e. The van der Waals surface area contributed by atoms with E-state index in [9.17, 15) is 31.5 Å². The van der Waals surface area contributed by atoms with Crippen LogP contribution in [0.2, 0.25) is 0 Å². The first kappa shape index (κ1) is 19.0. The monoisotopic (exact) mass is 395 g/mol. The van der Waals surface area contributed by atoms with Crippen LogP contribution in [0.15, 0.2) is 4.90 Å². The molecule has 1 aliphatic carbocycles. The molecule has 1 N–H and O–H groups in total. The number of carboxylic acids is 1. The number of aromatic nitrogens is 2. The van der Waals surface area contributed by atoms with E-state index < -0.39 is 34.6 Å². The number of hydrogen-bond donors (Lipinski definition) is 1. The Hall–Kier alpha value is -1.78. The maximum Gasteiger partial charge on any atom is 0.408 e. The van der Waals surface area contributed by atoms with Crippen molar-refractivity contribution >= 4 is 21.6 Å². The van der Waals surface area contributed by atoms with Gasteiger partial charge in [0.25, 0.3) is 0 Å². The number of aliphatic carboxylic acids is 1. The van der Waals surface area contributed by atoms with Crippen molar-refractivity contribution in [2.45, 2.75) is 56.3 Å². The Kier molecular flexibility index (Phi) is 4.70. The average Bonchev–Trinajstić information content (AvgIpc) is 3.03. The fourth-order valence-electron chi connectivity index (χ4n) is 3.43. The van der Waals surface area contributed by atoms with Crippen molar-refractivity contribution in [2.75, 3.05) is 17.2 Å². The summed E-state index contributed by atoms with van der Waals surface area (Å²) in [5.74, 6) is -1.58. The van der Waals surface area contributed by atoms with Gasteiger partial charge in [-0.2, -0.15) is 18.3 Å². The lowest BCUT2D eigenvalue weighted by Crippen LogP contribution is -2.39. The lowest BCUT2D eigenvalue weighted by atomic mass is 10.2. The summed E-state index contributed by atoms with van der Waals surface area (Å²) in [5, 5.41) is 13.2. The van der Waals surface area contributed by atoms with Crippen LogP contribution in [0.4, 0.5) is 19.0 Å². The molecule has 11 heteroatoms. The minimum Gasteiger partial charge on any atom is -0.480 e. The van der Waals surface area contributed by atoms with Gasteiger partial charge in [0.05, 0.1) is 11.4 Å². The Morgan fingerprint density at radius 3 is 2.50 bits per heavy atom. The SMILES string of the molecule is Cc1nn(CC(F)(F)F)c(N2CCCC2C(=O)O)c1S(=O)(=O)CC1CC1. The Morgan fingerprint density at radius 2 is 1.96 bits per heavy atom. The van der Waals surface area contributed by atoms with Crippen LogP contribution in [-0.2, 0) is 21.2 Å². The summed E-state index contributed by atoms with van der Waals surface area (Å²) in [6.45, 7) is 0.0544. The third kappa shape index (κ3) is 3.81. The predicted molar refractivity (Wildman–Crippen MR) is 85.8 cm³/mol. The fourth-order valence-corrected chi connectivity index (χ4v) is 5.54. The number of hydrogen-bond acceptors (Lipinski definition) is 5. The Labute approximate surface area is 148 Å². The Bertz CT molecular complexity index is 815. The number of rotatable bonds is 6. The number of alkyl halides is 3. The summed E-state index contributed by atoms with van der Waals surface area (Å²) < 4.78 is 65.2. The van der Waals surface area contributed by atoms with Gasteiger partial charge < -0.3 is 10.0 Å². The molecule has 1 aromatic rings. The van der Waals surface area contributed by atoms with Gasteiger partial charge in [0.15, 0.2) is 9.84 Å². The zero-order chi connectivity index (χ0) is 19.3. The summed E-state index contributed by atoms with van der Waals surface area (Å²) >= 11 is 0. The maximum absolute atomic E-state index is 13.0. The molecule has 26 heavy (non-hydrogen) atoms. The number of anilines is 1. The third-order valence-electron chi connectivity index (χ3n) is 4.65. The molecule has 146 valence electrons. The molecule has 0 aromatic carbocycles. The van der Waals surface area contributed by atoms with Gasteiger partial charge in [-0.25, -0.2) is 17.9 Å². The van der Waals surface area contributed by atoms with Crippen LogP contribution in [0.5, 0.6) is 0 Å². The van der Waals surface area contributed by atoms with Crippen molar-refractivity contribution in [3.8, 4) is 0 Å². The van der Waals surface area contributed by atoms with Gasteiger partial charge in [0.1, 0.15) is 23.3 Å². The quantitative estimate of drug-likeness (QED) is 0.792. The van der Waals surface area contributed by atoms with E-state index >= 15 is 0 Å². The number of carbonyl (C=O) groups is 1. The van der Waals surface area contributed by atoms with Crippen LogP contribution >= 0.6 is 0 Å². The average molecular weight is 395 g/mol. The van der Waals surface area contributed by atoms with Crippen LogP contribution in [0.25, 0.3) is 0 Å². The molecular weight excluding hydrogens is 375 g/mol. The van der Waals surface area contributed by atoms with E-state index in [0.717, 1.165) is 12.8 Å². The van der Waals surface area contributed by atoms with Crippen LogP contribution < -0.4 is 4.90 Å². The molecular formula is C15H20F3N3O4S. The first-order chi connectivity index (χ1) is 12.0. The summed E-state index contributed by atoms with van der Waals surface area (Å²) in [5.41, 5.74) is -0.0269. The molecule has 0 bridgehead atoms. The number of nitrogens with zero attached hydrogens (tertiary/aromatic N) is 3. The molecule has 3 rings (SSSR count). The van der Waals surface area contributed by atoms with Crippen molar-refractivity contribution in [1.82, 2.24) is 9.78 Å². The molecule has 0 radical (unpaired) electrons. The van der Waals surface area contributed by atoms with E-state index in [0.29, 0.717) is 11.1 Å². The first-order valence-electron chi connectivity index (χ1n) is 8.36. The van der Waals surface area contributed by atoms with Gasteiger partial charge in [0, 0.05) is 6.54 Å². The zero-order valence-corrected chi connectivity index (χ0v) is 15.0. The Balaban J connectivity index is 2.12. The molecule has 1 aromatic heterocycles. The van der Waals surface area contributed by atoms with Crippen LogP contribution in [0, 0.1) is 12.8 Å². The highest BCUT2D eigenvalue weighted by atomic mass is 32.2. The zero-order valence-electron chi connectivity index (χ0n) is 14.2. The molecule has 1 aliphatic heterocycles. The van der Waals surface area contributed by atoms with Crippen molar-refractivity contribution in [3.63, 3.8) is 0 Å². The van der Waals surface area contributed by atoms with Gasteiger partial charge in [-0.15, -0.1) is 0 Å². The van der Waals surface area contributed by atoms with E-state index in [1.807, 2.05) is 0 Å². The van der Waals surface area contributed by atoms with Gasteiger partial charge >= 0.3 is 12.1 Å². The molecule has 2 heterocycles. The van der Waals surface area contributed by atoms with E-state index in [1.165, 1.54) is 11.8 Å². The van der Waals surface area contributed by atoms with Crippen LogP contribution in [-0.4, -0.2) is 53.8 Å². The van der Waals surface area contributed by atoms with Crippen molar-refractivity contribution < 1.29 is 31.5 Å². The van der Waals surface area contributed by atoms with E-state index in [2.05, 4.69) is 5.10 Å². The van der Waals surface area contributed by atoms with Crippen molar-refractivity contribution in [3.05, 3.63) is 5.69 Å². The fraction of sp³-hybridized carbons (Fsp3) is 0.733. The van der Waals surface area contributed by atoms with Crippen molar-refractivity contribution in [2.24, 2.45) is 5.92 Å². The molecule has 2 aliphatic rings. The Morgan fingerprint density at radius 1 is 1.31 bits per heavy atom. The summed E-state index contributed by atoms with van der Waals surface area (Å²) in [6.07, 6.45) is -2.37. The molecule has 0 amide bonds. The second-order valence-corrected chi connectivity index (χ2v) is 8.90. The predicted octanol–water partition coefficient (Wildman–Crippen LogP) is 1.99. The number of aryl methyl sites for hydroxylation is 1. The highest BCUT2D eigenvalue weighted by molar-refractivity contribution is 7.91. The maximum atomic E-state index is 13.0. The first-order valence-corrected chi connectivity index (χ1v) is 10.0. The molecule has 1 saturated carbocycles. The van der Waals surface area contributed by atoms with Gasteiger partial charge in [-0.3, -0.25) is 0 Å². The highest BCUT2D eigenvalue weighted by Crippen LogP contribution is 2.39. The summed E-state index contributed by atoms with van der Waals surface area (Å²) in [6, 6.07) is -1.06. The smallest absolute Gasteiger partial charge is 0.408 e. The van der Waals surface area contributed by atoms with E-state index in [4.69, 9.17) is 0 Å². The van der Waals surface area contributed by atoms with Gasteiger partial charge in [-0.1, -0.05) is 0 Å². The lowest BCUT2D eigenvalue weighted by molar-refractivity contribution is -0.142. The second kappa shape index (κ2) is 6.43. The number of sulfone groups is 1. The van der Waals surface area contributed by atoms with E-state index in [1.54, 1.807) is 0 Å². The normalized spacial score (nSPS) is 21.4. The third-order valence-corrected chi connectivity index (χ3v) is 6.66. The van der Waals surface area contributed by atoms with Crippen LogP contribution in [0.3, 0.4) is 0 Å². The lowest BCUT2D eigenvalue weighted by Gasteiger charge is -2.26. The molecule has 0 spiro atoms. The second-order valence-electron chi connectivity index (χ2n) is 6.93. The summed E-state index contributed by atoms with van der Waals surface area (Å²) in [7, 11) is -3.86. The molecule has 1 unspecified atom stereocenters. The molecule has 7 nitrogen and oxygen atoms in total. The topological polar surface area (TPSA) is 92.5 Å². The van der Waals surface area contributed by atoms with E-state index in [-0.39, 0.29) is 41.0 Å². The van der Waals surface area contributed by atoms with Gasteiger partial charge in [0.2, 0.25) is 0 Å². The van der Waals surface area contributed by atoms with Crippen molar-refractivity contribution in [1.29, 1.82) is 0 Å². The van der Waals surface area contributed by atoms with Gasteiger partial charge in [-0.05, 0) is 38.5 Å². The minimum absolute atomic E-state index is 0.00654. The van der Waals surface area contributed by atoms with Crippen LogP contribution in [0.1, 0.15) is 31.4 Å². The summed E-state index contributed by atoms with van der Waals surface area (Å²) in [4.78, 5) is 12.5.